The predicted octanol–water partition coefficient (Wildman–Crippen LogP) is 5.25. The number of alkyl halides is 2. The number of amides is 1. The maximum absolute atomic E-state index is 14.5. The zero-order valence-electron chi connectivity index (χ0n) is 18.8. The van der Waals surface area contributed by atoms with Gasteiger partial charge in [0.2, 0.25) is 0 Å². The standard InChI is InChI=1S/C26H24F2N4O2/c1-18-11-12-22(34-17-20-8-4-3-5-9-20)21(14-18)16-32-19(2)15-24(31-32)30-25(33)26(27,28)23-10-6-7-13-29-23/h3-15H,16-17H2,1-2H3,(H,30,31,33). The second-order valence-electron chi connectivity index (χ2n) is 7.96. The molecular weight excluding hydrogens is 438 g/mol. The second kappa shape index (κ2) is 9.82. The zero-order chi connectivity index (χ0) is 24.1. The SMILES string of the molecule is Cc1ccc(OCc2ccccc2)c(Cn2nc(NC(=O)C(F)(F)c3ccccn3)cc2C)c1. The highest BCUT2D eigenvalue weighted by Gasteiger charge is 2.42. The van der Waals surface area contributed by atoms with Crippen LogP contribution in [0.1, 0.15) is 28.1 Å². The van der Waals surface area contributed by atoms with Gasteiger partial charge in [-0.05, 0) is 37.6 Å². The molecular formula is C26H24F2N4O2. The first-order chi connectivity index (χ1) is 16.3. The highest BCUT2D eigenvalue weighted by Crippen LogP contribution is 2.28. The zero-order valence-corrected chi connectivity index (χ0v) is 18.8. The van der Waals surface area contributed by atoms with Crippen molar-refractivity contribution in [2.45, 2.75) is 32.9 Å². The molecule has 0 aliphatic rings. The smallest absolute Gasteiger partial charge is 0.366 e. The van der Waals surface area contributed by atoms with E-state index >= 15 is 0 Å². The van der Waals surface area contributed by atoms with Crippen molar-refractivity contribution in [2.24, 2.45) is 0 Å². The van der Waals surface area contributed by atoms with E-state index in [1.54, 1.807) is 17.7 Å². The molecule has 2 aromatic heterocycles. The van der Waals surface area contributed by atoms with Gasteiger partial charge in [-0.15, -0.1) is 0 Å². The van der Waals surface area contributed by atoms with Gasteiger partial charge in [-0.3, -0.25) is 14.5 Å². The first-order valence-corrected chi connectivity index (χ1v) is 10.7. The van der Waals surface area contributed by atoms with E-state index in [0.717, 1.165) is 22.8 Å². The largest absolute Gasteiger partial charge is 0.489 e. The number of pyridine rings is 1. The van der Waals surface area contributed by atoms with Crippen LogP contribution >= 0.6 is 0 Å². The maximum atomic E-state index is 14.5. The van der Waals surface area contributed by atoms with E-state index in [2.05, 4.69) is 15.4 Å². The van der Waals surface area contributed by atoms with Crippen molar-refractivity contribution < 1.29 is 18.3 Å². The van der Waals surface area contributed by atoms with Gasteiger partial charge >= 0.3 is 11.8 Å². The van der Waals surface area contributed by atoms with Crippen LogP contribution in [-0.4, -0.2) is 20.7 Å². The Kier molecular flexibility index (Phi) is 6.67. The Bertz CT molecular complexity index is 1270. The van der Waals surface area contributed by atoms with Gasteiger partial charge in [-0.25, -0.2) is 0 Å². The van der Waals surface area contributed by atoms with Crippen LogP contribution in [0, 0.1) is 13.8 Å². The van der Waals surface area contributed by atoms with Gasteiger partial charge < -0.3 is 10.1 Å². The van der Waals surface area contributed by atoms with Crippen molar-refractivity contribution in [3.05, 3.63) is 107 Å². The summed E-state index contributed by atoms with van der Waals surface area (Å²) in [5, 5.41) is 6.52. The van der Waals surface area contributed by atoms with E-state index < -0.39 is 17.5 Å². The van der Waals surface area contributed by atoms with Crippen LogP contribution in [0.15, 0.2) is 79.0 Å². The van der Waals surface area contributed by atoms with Gasteiger partial charge in [-0.1, -0.05) is 54.1 Å². The summed E-state index contributed by atoms with van der Waals surface area (Å²) in [6.45, 7) is 4.54. The van der Waals surface area contributed by atoms with Crippen LogP contribution in [0.5, 0.6) is 5.75 Å². The molecule has 0 aliphatic carbocycles. The molecule has 2 aromatic carbocycles. The summed E-state index contributed by atoms with van der Waals surface area (Å²) >= 11 is 0. The van der Waals surface area contributed by atoms with Crippen molar-refractivity contribution in [3.63, 3.8) is 0 Å². The van der Waals surface area contributed by atoms with Crippen LogP contribution in [0.2, 0.25) is 0 Å². The lowest BCUT2D eigenvalue weighted by atomic mass is 10.1. The van der Waals surface area contributed by atoms with Crippen molar-refractivity contribution in [3.8, 4) is 5.75 Å². The molecule has 0 bridgehead atoms. The number of hydrogen-bond acceptors (Lipinski definition) is 4. The minimum Gasteiger partial charge on any atom is -0.489 e. The minimum atomic E-state index is -3.78. The van der Waals surface area contributed by atoms with Gasteiger partial charge in [0.05, 0.1) is 6.54 Å². The highest BCUT2D eigenvalue weighted by molar-refractivity contribution is 5.95. The Hall–Kier alpha value is -4.07. The number of carbonyl (C=O) groups excluding carboxylic acids is 1. The first kappa shape index (κ1) is 23.1. The molecule has 0 atom stereocenters. The summed E-state index contributed by atoms with van der Waals surface area (Å²) in [5.41, 5.74) is 3.06. The van der Waals surface area contributed by atoms with Crippen molar-refractivity contribution in [1.29, 1.82) is 0 Å². The fourth-order valence-corrected chi connectivity index (χ4v) is 3.46. The predicted molar refractivity (Wildman–Crippen MR) is 125 cm³/mol. The Balaban J connectivity index is 1.50. The molecule has 0 fully saturated rings. The lowest BCUT2D eigenvalue weighted by Crippen LogP contribution is -2.33. The van der Waals surface area contributed by atoms with Crippen LogP contribution in [0.25, 0.3) is 0 Å². The van der Waals surface area contributed by atoms with Crippen LogP contribution in [0.3, 0.4) is 0 Å². The summed E-state index contributed by atoms with van der Waals surface area (Å²) in [7, 11) is 0. The molecule has 0 spiro atoms. The Morgan fingerprint density at radius 3 is 2.53 bits per heavy atom. The fourth-order valence-electron chi connectivity index (χ4n) is 3.46. The third kappa shape index (κ3) is 5.28. The van der Waals surface area contributed by atoms with E-state index in [1.165, 1.54) is 18.3 Å². The quantitative estimate of drug-likeness (QED) is 0.388. The fraction of sp³-hybridized carbons (Fsp3) is 0.192. The number of rotatable bonds is 8. The lowest BCUT2D eigenvalue weighted by Gasteiger charge is -2.14. The number of anilines is 1. The van der Waals surface area contributed by atoms with Crippen molar-refractivity contribution in [2.75, 3.05) is 5.32 Å². The molecule has 0 unspecified atom stereocenters. The van der Waals surface area contributed by atoms with Gasteiger partial charge in [-0.2, -0.15) is 13.9 Å². The molecule has 174 valence electrons. The van der Waals surface area contributed by atoms with E-state index in [1.807, 2.05) is 55.5 Å². The molecule has 0 saturated heterocycles. The average Bonchev–Trinajstić information content (AvgIpc) is 3.18. The summed E-state index contributed by atoms with van der Waals surface area (Å²) in [6, 6.07) is 21.3. The van der Waals surface area contributed by atoms with Crippen LogP contribution in [-0.2, 0) is 23.9 Å². The number of halogens is 2. The van der Waals surface area contributed by atoms with Gasteiger partial charge in [0.25, 0.3) is 0 Å². The number of nitrogens with zero attached hydrogens (tertiary/aromatic N) is 3. The van der Waals surface area contributed by atoms with Crippen molar-refractivity contribution in [1.82, 2.24) is 14.8 Å². The minimum absolute atomic E-state index is 0.0394. The maximum Gasteiger partial charge on any atom is 0.366 e. The molecule has 0 saturated carbocycles. The molecule has 8 heteroatoms. The number of ether oxygens (including phenoxy) is 1. The van der Waals surface area contributed by atoms with Crippen LogP contribution in [0.4, 0.5) is 14.6 Å². The third-order valence-electron chi connectivity index (χ3n) is 5.27. The van der Waals surface area contributed by atoms with Gasteiger partial charge in [0, 0.05) is 23.5 Å². The van der Waals surface area contributed by atoms with E-state index in [9.17, 15) is 13.6 Å². The molecule has 34 heavy (non-hydrogen) atoms. The molecule has 6 nitrogen and oxygen atoms in total. The summed E-state index contributed by atoms with van der Waals surface area (Å²) < 4.78 is 36.6. The molecule has 0 radical (unpaired) electrons. The summed E-state index contributed by atoms with van der Waals surface area (Å²) in [5.74, 6) is -4.53. The average molecular weight is 463 g/mol. The molecule has 0 aliphatic heterocycles. The summed E-state index contributed by atoms with van der Waals surface area (Å²) in [4.78, 5) is 15.9. The number of nitrogens with one attached hydrogen (secondary N) is 1. The molecule has 4 aromatic rings. The van der Waals surface area contributed by atoms with Gasteiger partial charge in [0.1, 0.15) is 18.1 Å². The van der Waals surface area contributed by atoms with Crippen LogP contribution < -0.4 is 10.1 Å². The monoisotopic (exact) mass is 462 g/mol. The normalized spacial score (nSPS) is 11.3. The lowest BCUT2D eigenvalue weighted by molar-refractivity contribution is -0.141. The number of aryl methyl sites for hydroxylation is 2. The topological polar surface area (TPSA) is 69.0 Å². The second-order valence-corrected chi connectivity index (χ2v) is 7.96. The number of aromatic nitrogens is 3. The molecule has 2 heterocycles. The molecule has 1 amide bonds. The first-order valence-electron chi connectivity index (χ1n) is 10.7. The number of benzene rings is 2. The molecule has 4 rings (SSSR count). The van der Waals surface area contributed by atoms with Gasteiger partial charge in [0.15, 0.2) is 5.82 Å². The molecule has 1 N–H and O–H groups in total. The Morgan fingerprint density at radius 1 is 1.03 bits per heavy atom. The van der Waals surface area contributed by atoms with E-state index in [4.69, 9.17) is 4.74 Å². The van der Waals surface area contributed by atoms with E-state index in [-0.39, 0.29) is 5.82 Å². The number of carbonyl (C=O) groups is 1. The number of hydrogen-bond donors (Lipinski definition) is 1. The third-order valence-corrected chi connectivity index (χ3v) is 5.27. The van der Waals surface area contributed by atoms with Crippen molar-refractivity contribution >= 4 is 11.7 Å². The Morgan fingerprint density at radius 2 is 1.79 bits per heavy atom. The highest BCUT2D eigenvalue weighted by atomic mass is 19.3. The van der Waals surface area contributed by atoms with E-state index in [0.29, 0.717) is 24.6 Å². The Labute approximate surface area is 196 Å². The summed E-state index contributed by atoms with van der Waals surface area (Å²) in [6.07, 6.45) is 1.22.